The Morgan fingerprint density at radius 3 is 2.52 bits per heavy atom. The molecule has 0 unspecified atom stereocenters. The van der Waals surface area contributed by atoms with E-state index in [9.17, 15) is 4.79 Å². The van der Waals surface area contributed by atoms with Gasteiger partial charge in [-0.25, -0.2) is 5.43 Å². The van der Waals surface area contributed by atoms with E-state index in [-0.39, 0.29) is 5.91 Å². The van der Waals surface area contributed by atoms with Gasteiger partial charge in [0, 0.05) is 57.2 Å². The largest absolute Gasteiger partial charge is 0.369 e. The predicted molar refractivity (Wildman–Crippen MR) is 99.7 cm³/mol. The maximum Gasteiger partial charge on any atom is 0.241 e. The molecule has 1 amide bonds. The first-order valence-corrected chi connectivity index (χ1v) is 8.55. The first-order valence-electron chi connectivity index (χ1n) is 8.55. The molecule has 0 atom stereocenters. The summed E-state index contributed by atoms with van der Waals surface area (Å²) >= 11 is 0. The molecule has 1 aromatic carbocycles. The van der Waals surface area contributed by atoms with Crippen LogP contribution in [0, 0.1) is 0 Å². The van der Waals surface area contributed by atoms with Gasteiger partial charge in [-0.1, -0.05) is 18.2 Å². The number of para-hydroxylation sites is 1. The van der Waals surface area contributed by atoms with Crippen LogP contribution in [0.5, 0.6) is 0 Å². The number of pyridine rings is 1. The van der Waals surface area contributed by atoms with Crippen molar-refractivity contribution in [2.75, 3.05) is 37.6 Å². The number of hydrogen-bond acceptors (Lipinski definition) is 5. The number of nitrogens with zero attached hydrogens (tertiary/aromatic N) is 4. The van der Waals surface area contributed by atoms with E-state index in [1.165, 1.54) is 5.69 Å². The van der Waals surface area contributed by atoms with Crippen molar-refractivity contribution in [3.63, 3.8) is 0 Å². The van der Waals surface area contributed by atoms with Crippen LogP contribution in [0.15, 0.2) is 60.0 Å². The molecule has 2 aromatic rings. The number of aromatic nitrogens is 1. The van der Waals surface area contributed by atoms with Crippen LogP contribution in [0.3, 0.4) is 0 Å². The van der Waals surface area contributed by atoms with Crippen LogP contribution in [0.25, 0.3) is 0 Å². The van der Waals surface area contributed by atoms with Crippen LogP contribution in [-0.2, 0) is 4.79 Å². The van der Waals surface area contributed by atoms with Crippen molar-refractivity contribution < 1.29 is 4.79 Å². The summed E-state index contributed by atoms with van der Waals surface area (Å²) in [6, 6.07) is 14.1. The average molecular weight is 337 g/mol. The van der Waals surface area contributed by atoms with Crippen LogP contribution >= 0.6 is 0 Å². The topological polar surface area (TPSA) is 60.8 Å². The van der Waals surface area contributed by atoms with Crippen molar-refractivity contribution in [3.8, 4) is 0 Å². The second-order valence-corrected chi connectivity index (χ2v) is 5.99. The Balaban J connectivity index is 1.35. The lowest BCUT2D eigenvalue weighted by atomic mass is 10.2. The monoisotopic (exact) mass is 337 g/mol. The van der Waals surface area contributed by atoms with Gasteiger partial charge < -0.3 is 4.90 Å². The van der Waals surface area contributed by atoms with Crippen molar-refractivity contribution in [2.24, 2.45) is 5.10 Å². The second-order valence-electron chi connectivity index (χ2n) is 5.99. The second kappa shape index (κ2) is 8.94. The number of carbonyl (C=O) groups is 1. The number of carbonyl (C=O) groups excluding carboxylic acids is 1. The normalized spacial score (nSPS) is 15.4. The minimum absolute atomic E-state index is 0.0594. The third-order valence-electron chi connectivity index (χ3n) is 4.26. The molecule has 130 valence electrons. The van der Waals surface area contributed by atoms with Crippen LogP contribution in [0.2, 0.25) is 0 Å². The van der Waals surface area contributed by atoms with Crippen molar-refractivity contribution in [1.82, 2.24) is 15.3 Å². The van der Waals surface area contributed by atoms with Gasteiger partial charge in [-0.05, 0) is 29.8 Å². The molecule has 0 radical (unpaired) electrons. The molecule has 6 nitrogen and oxygen atoms in total. The van der Waals surface area contributed by atoms with Gasteiger partial charge in [0.1, 0.15) is 0 Å². The fourth-order valence-corrected chi connectivity index (χ4v) is 2.81. The van der Waals surface area contributed by atoms with Crippen molar-refractivity contribution in [1.29, 1.82) is 0 Å². The van der Waals surface area contributed by atoms with E-state index in [1.54, 1.807) is 18.6 Å². The van der Waals surface area contributed by atoms with E-state index in [1.807, 2.05) is 18.2 Å². The van der Waals surface area contributed by atoms with Crippen LogP contribution in [0.4, 0.5) is 5.69 Å². The summed E-state index contributed by atoms with van der Waals surface area (Å²) < 4.78 is 0. The Morgan fingerprint density at radius 1 is 1.08 bits per heavy atom. The van der Waals surface area contributed by atoms with Gasteiger partial charge in [0.05, 0.1) is 6.21 Å². The Bertz CT molecular complexity index is 681. The number of amides is 1. The quantitative estimate of drug-likeness (QED) is 0.644. The molecule has 0 aliphatic carbocycles. The highest BCUT2D eigenvalue weighted by atomic mass is 16.2. The lowest BCUT2D eigenvalue weighted by Crippen LogP contribution is -2.47. The van der Waals surface area contributed by atoms with E-state index < -0.39 is 0 Å². The summed E-state index contributed by atoms with van der Waals surface area (Å²) in [7, 11) is 0. The molecule has 3 rings (SSSR count). The number of nitrogens with one attached hydrogen (secondary N) is 1. The summed E-state index contributed by atoms with van der Waals surface area (Å²) in [5.41, 5.74) is 4.76. The summed E-state index contributed by atoms with van der Waals surface area (Å²) in [6.45, 7) is 4.70. The van der Waals surface area contributed by atoms with Gasteiger partial charge >= 0.3 is 0 Å². The Kier molecular flexibility index (Phi) is 6.11. The number of rotatable bonds is 6. The van der Waals surface area contributed by atoms with Gasteiger partial charge in [0.25, 0.3) is 0 Å². The molecule has 0 saturated carbocycles. The van der Waals surface area contributed by atoms with E-state index in [0.717, 1.165) is 38.3 Å². The molecule has 6 heteroatoms. The molecule has 1 aliphatic heterocycles. The molecule has 25 heavy (non-hydrogen) atoms. The Morgan fingerprint density at radius 2 is 1.80 bits per heavy atom. The van der Waals surface area contributed by atoms with Crippen LogP contribution < -0.4 is 10.3 Å². The molecule has 1 aromatic heterocycles. The fourth-order valence-electron chi connectivity index (χ4n) is 2.81. The van der Waals surface area contributed by atoms with E-state index >= 15 is 0 Å². The number of benzene rings is 1. The number of hydrogen-bond donors (Lipinski definition) is 1. The predicted octanol–water partition coefficient (Wildman–Crippen LogP) is 1.74. The van der Waals surface area contributed by atoms with E-state index in [4.69, 9.17) is 0 Å². The standard InChI is InChI=1S/C19H23N5O/c25-19(22-21-16-17-6-9-20-10-7-17)8-11-23-12-14-24(15-13-23)18-4-2-1-3-5-18/h1-7,9-10,16H,8,11-15H2,(H,22,25)/b21-16+. The minimum atomic E-state index is -0.0594. The Labute approximate surface area is 148 Å². The Hall–Kier alpha value is -2.73. The highest BCUT2D eigenvalue weighted by Crippen LogP contribution is 2.15. The number of anilines is 1. The lowest BCUT2D eigenvalue weighted by Gasteiger charge is -2.36. The van der Waals surface area contributed by atoms with Crippen LogP contribution in [-0.4, -0.2) is 54.7 Å². The average Bonchev–Trinajstić information content (AvgIpc) is 2.68. The molecular formula is C19H23N5O. The SMILES string of the molecule is O=C(CCN1CCN(c2ccccc2)CC1)N/N=C/c1ccncc1. The van der Waals surface area contributed by atoms with Crippen LogP contribution in [0.1, 0.15) is 12.0 Å². The molecule has 2 heterocycles. The molecule has 0 spiro atoms. The maximum absolute atomic E-state index is 11.9. The zero-order valence-electron chi connectivity index (χ0n) is 14.2. The summed E-state index contributed by atoms with van der Waals surface area (Å²) in [5, 5.41) is 3.98. The van der Waals surface area contributed by atoms with Gasteiger partial charge in [0.2, 0.25) is 5.91 Å². The third-order valence-corrected chi connectivity index (χ3v) is 4.26. The molecule has 1 N–H and O–H groups in total. The summed E-state index contributed by atoms with van der Waals surface area (Å²) in [4.78, 5) is 20.5. The first kappa shape index (κ1) is 17.1. The van der Waals surface area contributed by atoms with Gasteiger partial charge in [-0.3, -0.25) is 14.7 Å². The molecular weight excluding hydrogens is 314 g/mol. The van der Waals surface area contributed by atoms with Gasteiger partial charge in [-0.2, -0.15) is 5.10 Å². The minimum Gasteiger partial charge on any atom is -0.369 e. The van der Waals surface area contributed by atoms with Crippen molar-refractivity contribution in [3.05, 3.63) is 60.4 Å². The third kappa shape index (κ3) is 5.39. The van der Waals surface area contributed by atoms with Crippen molar-refractivity contribution >= 4 is 17.8 Å². The number of piperazine rings is 1. The fraction of sp³-hybridized carbons (Fsp3) is 0.316. The van der Waals surface area contributed by atoms with Gasteiger partial charge in [-0.15, -0.1) is 0 Å². The number of hydrazone groups is 1. The maximum atomic E-state index is 11.9. The smallest absolute Gasteiger partial charge is 0.241 e. The zero-order chi connectivity index (χ0) is 17.3. The molecule has 1 fully saturated rings. The van der Waals surface area contributed by atoms with E-state index in [0.29, 0.717) is 6.42 Å². The van der Waals surface area contributed by atoms with Gasteiger partial charge in [0.15, 0.2) is 0 Å². The molecule has 1 aliphatic rings. The zero-order valence-corrected chi connectivity index (χ0v) is 14.2. The highest BCUT2D eigenvalue weighted by molar-refractivity contribution is 5.82. The van der Waals surface area contributed by atoms with Crippen molar-refractivity contribution in [2.45, 2.75) is 6.42 Å². The van der Waals surface area contributed by atoms with E-state index in [2.05, 4.69) is 49.6 Å². The molecule has 0 bridgehead atoms. The highest BCUT2D eigenvalue weighted by Gasteiger charge is 2.17. The lowest BCUT2D eigenvalue weighted by molar-refractivity contribution is -0.121. The summed E-state index contributed by atoms with van der Waals surface area (Å²) in [6.07, 6.45) is 5.47. The molecule has 1 saturated heterocycles. The summed E-state index contributed by atoms with van der Waals surface area (Å²) in [5.74, 6) is -0.0594. The first-order chi connectivity index (χ1) is 12.3.